The van der Waals surface area contributed by atoms with E-state index < -0.39 is 17.5 Å². The third-order valence-electron chi connectivity index (χ3n) is 5.88. The largest absolute Gasteiger partial charge is 0.475 e. The van der Waals surface area contributed by atoms with Crippen molar-refractivity contribution in [1.82, 2.24) is 15.3 Å². The van der Waals surface area contributed by atoms with E-state index in [1.54, 1.807) is 46.2 Å². The number of rotatable bonds is 11. The topological polar surface area (TPSA) is 130 Å². The van der Waals surface area contributed by atoms with Crippen LogP contribution >= 0.6 is 0 Å². The maximum atomic E-state index is 15.0. The average Bonchev–Trinajstić information content (AvgIpc) is 2.78. The standard InChI is InChI=1S/C26H35FN6O4/c1-16(30-25(34)37-26(2,3)4)22(17-7-6-8-17)32-24-20(27)13-18(15-28)23(33-24)31-19-9-10-29-21(14-19)36-12-11-35-5/h9-10,13-14,16-17,22H,6-8,11-12H2,1-5H3,(H,30,34)(H2,29,31,32,33)/t16-,22-/m0/s1. The Hall–Kier alpha value is -3.65. The Balaban J connectivity index is 1.80. The predicted molar refractivity (Wildman–Crippen MR) is 137 cm³/mol. The summed E-state index contributed by atoms with van der Waals surface area (Å²) in [5, 5.41) is 18.7. The normalized spacial score (nSPS) is 15.1. The highest BCUT2D eigenvalue weighted by molar-refractivity contribution is 5.68. The summed E-state index contributed by atoms with van der Waals surface area (Å²) >= 11 is 0. The number of ether oxygens (including phenoxy) is 3. The molecular formula is C26H35FN6O4. The molecule has 0 saturated heterocycles. The van der Waals surface area contributed by atoms with Gasteiger partial charge in [-0.2, -0.15) is 5.26 Å². The number of aromatic nitrogens is 2. The van der Waals surface area contributed by atoms with Crippen LogP contribution in [0.5, 0.6) is 5.88 Å². The monoisotopic (exact) mass is 514 g/mol. The number of nitriles is 1. The molecule has 1 fully saturated rings. The van der Waals surface area contributed by atoms with Gasteiger partial charge in [0.2, 0.25) is 5.88 Å². The number of halogens is 1. The minimum Gasteiger partial charge on any atom is -0.475 e. The van der Waals surface area contributed by atoms with Crippen molar-refractivity contribution in [2.75, 3.05) is 31.0 Å². The molecule has 1 amide bonds. The van der Waals surface area contributed by atoms with Gasteiger partial charge in [0.25, 0.3) is 0 Å². The Morgan fingerprint density at radius 1 is 1.27 bits per heavy atom. The lowest BCUT2D eigenvalue weighted by Crippen LogP contribution is -2.51. The van der Waals surface area contributed by atoms with Gasteiger partial charge in [-0.15, -0.1) is 0 Å². The number of hydrogen-bond donors (Lipinski definition) is 3. The molecule has 10 nitrogen and oxygen atoms in total. The second kappa shape index (κ2) is 12.5. The van der Waals surface area contributed by atoms with E-state index in [-0.39, 0.29) is 35.2 Å². The van der Waals surface area contributed by atoms with Gasteiger partial charge in [0.15, 0.2) is 17.5 Å². The minimum atomic E-state index is -0.658. The molecule has 0 radical (unpaired) electrons. The summed E-state index contributed by atoms with van der Waals surface area (Å²) in [5.74, 6) is 0.106. The highest BCUT2D eigenvalue weighted by Gasteiger charge is 2.34. The number of nitrogens with zero attached hydrogens (tertiary/aromatic N) is 3. The molecule has 0 bridgehead atoms. The van der Waals surface area contributed by atoms with E-state index in [0.29, 0.717) is 24.8 Å². The van der Waals surface area contributed by atoms with Crippen LogP contribution in [-0.2, 0) is 9.47 Å². The lowest BCUT2D eigenvalue weighted by molar-refractivity contribution is 0.0492. The number of pyridine rings is 2. The average molecular weight is 515 g/mol. The predicted octanol–water partition coefficient (Wildman–Crippen LogP) is 4.75. The second-order valence-corrected chi connectivity index (χ2v) is 9.97. The highest BCUT2D eigenvalue weighted by Crippen LogP contribution is 2.34. The number of alkyl carbamates (subject to hydrolysis) is 1. The lowest BCUT2D eigenvalue weighted by atomic mass is 9.77. The fraction of sp³-hybridized carbons (Fsp3) is 0.538. The van der Waals surface area contributed by atoms with Crippen molar-refractivity contribution in [3.63, 3.8) is 0 Å². The Morgan fingerprint density at radius 3 is 2.65 bits per heavy atom. The molecule has 1 saturated carbocycles. The number of anilines is 3. The van der Waals surface area contributed by atoms with Gasteiger partial charge < -0.3 is 30.2 Å². The summed E-state index contributed by atoms with van der Waals surface area (Å²) < 4.78 is 30.9. The van der Waals surface area contributed by atoms with Crippen LogP contribution in [0.2, 0.25) is 0 Å². The Morgan fingerprint density at radius 2 is 2.03 bits per heavy atom. The first-order chi connectivity index (χ1) is 17.6. The van der Waals surface area contributed by atoms with E-state index in [1.807, 2.05) is 13.0 Å². The summed E-state index contributed by atoms with van der Waals surface area (Å²) in [6.07, 6.45) is 3.97. The number of carbonyl (C=O) groups excluding carboxylic acids is 1. The van der Waals surface area contributed by atoms with Crippen molar-refractivity contribution < 1.29 is 23.4 Å². The van der Waals surface area contributed by atoms with Crippen molar-refractivity contribution in [2.24, 2.45) is 5.92 Å². The quantitative estimate of drug-likeness (QED) is 0.364. The summed E-state index contributed by atoms with van der Waals surface area (Å²) in [5.41, 5.74) is -0.0204. The summed E-state index contributed by atoms with van der Waals surface area (Å²) in [7, 11) is 1.58. The minimum absolute atomic E-state index is 0.0122. The summed E-state index contributed by atoms with van der Waals surface area (Å²) in [4.78, 5) is 20.9. The fourth-order valence-corrected chi connectivity index (χ4v) is 3.89. The van der Waals surface area contributed by atoms with Gasteiger partial charge in [0, 0.05) is 31.1 Å². The first-order valence-electron chi connectivity index (χ1n) is 12.3. The SMILES string of the molecule is COCCOc1cc(Nc2nc(N[C@H](C3CCC3)[C@H](C)NC(=O)OC(C)(C)C)c(F)cc2C#N)ccn1. The molecule has 2 aromatic heterocycles. The first-order valence-corrected chi connectivity index (χ1v) is 12.3. The zero-order valence-electron chi connectivity index (χ0n) is 21.9. The molecule has 3 rings (SSSR count). The van der Waals surface area contributed by atoms with Crippen LogP contribution in [0.15, 0.2) is 24.4 Å². The van der Waals surface area contributed by atoms with E-state index in [0.717, 1.165) is 25.3 Å². The fourth-order valence-electron chi connectivity index (χ4n) is 3.89. The van der Waals surface area contributed by atoms with Gasteiger partial charge in [-0.05, 0) is 58.6 Å². The van der Waals surface area contributed by atoms with Crippen molar-refractivity contribution in [1.29, 1.82) is 5.26 Å². The zero-order chi connectivity index (χ0) is 27.0. The van der Waals surface area contributed by atoms with Crippen molar-refractivity contribution in [3.8, 4) is 11.9 Å². The first kappa shape index (κ1) is 27.9. The number of nitrogens with one attached hydrogen (secondary N) is 3. The van der Waals surface area contributed by atoms with E-state index in [2.05, 4.69) is 25.9 Å². The molecule has 11 heteroatoms. The Labute approximate surface area is 216 Å². The van der Waals surface area contributed by atoms with Crippen LogP contribution in [0.4, 0.5) is 26.5 Å². The number of amides is 1. The molecule has 2 atom stereocenters. The summed E-state index contributed by atoms with van der Waals surface area (Å²) in [6, 6.07) is 5.81. The van der Waals surface area contributed by atoms with Gasteiger partial charge in [-0.25, -0.2) is 19.2 Å². The van der Waals surface area contributed by atoms with E-state index >= 15 is 4.39 Å². The third-order valence-corrected chi connectivity index (χ3v) is 5.88. The van der Waals surface area contributed by atoms with E-state index in [1.165, 1.54) is 0 Å². The Kier molecular flexibility index (Phi) is 9.47. The summed E-state index contributed by atoms with van der Waals surface area (Å²) in [6.45, 7) is 7.97. The molecule has 0 aliphatic heterocycles. The van der Waals surface area contributed by atoms with Crippen molar-refractivity contribution in [3.05, 3.63) is 35.8 Å². The van der Waals surface area contributed by atoms with Gasteiger partial charge in [0.05, 0.1) is 18.2 Å². The number of hydrogen-bond acceptors (Lipinski definition) is 9. The van der Waals surface area contributed by atoms with Crippen molar-refractivity contribution >= 4 is 23.4 Å². The van der Waals surface area contributed by atoms with Crippen LogP contribution in [0.3, 0.4) is 0 Å². The lowest BCUT2D eigenvalue weighted by Gasteiger charge is -2.38. The van der Waals surface area contributed by atoms with Gasteiger partial charge in [-0.1, -0.05) is 6.42 Å². The third kappa shape index (κ3) is 8.18. The van der Waals surface area contributed by atoms with E-state index in [9.17, 15) is 10.1 Å². The van der Waals surface area contributed by atoms with Crippen LogP contribution in [0.25, 0.3) is 0 Å². The van der Waals surface area contributed by atoms with Crippen LogP contribution < -0.4 is 20.7 Å². The highest BCUT2D eigenvalue weighted by atomic mass is 19.1. The zero-order valence-corrected chi connectivity index (χ0v) is 21.9. The molecule has 1 aliphatic carbocycles. The van der Waals surface area contributed by atoms with E-state index in [4.69, 9.17) is 14.2 Å². The van der Waals surface area contributed by atoms with Gasteiger partial charge >= 0.3 is 6.09 Å². The van der Waals surface area contributed by atoms with Crippen LogP contribution in [0, 0.1) is 23.1 Å². The molecule has 0 spiro atoms. The molecule has 2 aromatic rings. The maximum Gasteiger partial charge on any atom is 0.407 e. The van der Waals surface area contributed by atoms with Gasteiger partial charge in [-0.3, -0.25) is 0 Å². The Bertz CT molecular complexity index is 1110. The number of carbonyl (C=O) groups is 1. The number of methoxy groups -OCH3 is 1. The molecule has 3 N–H and O–H groups in total. The van der Waals surface area contributed by atoms with Crippen molar-refractivity contribution in [2.45, 2.75) is 64.6 Å². The molecule has 0 unspecified atom stereocenters. The smallest absolute Gasteiger partial charge is 0.407 e. The molecule has 0 aromatic carbocycles. The second-order valence-electron chi connectivity index (χ2n) is 9.97. The molecule has 37 heavy (non-hydrogen) atoms. The van der Waals surface area contributed by atoms with Gasteiger partial charge in [0.1, 0.15) is 18.3 Å². The molecular weight excluding hydrogens is 479 g/mol. The molecule has 1 aliphatic rings. The molecule has 2 heterocycles. The van der Waals surface area contributed by atoms with Crippen LogP contribution in [0.1, 0.15) is 52.5 Å². The van der Waals surface area contributed by atoms with Crippen LogP contribution in [-0.4, -0.2) is 54.1 Å². The maximum absolute atomic E-state index is 15.0. The molecule has 200 valence electrons.